The molecule has 0 atom stereocenters. The SMILES string of the molecule is Cc1cccc(C)c1NC(=O)c1cccc2nc3ccccc3nc12. The third-order valence-corrected chi connectivity index (χ3v) is 4.33. The average Bonchev–Trinajstić information content (AvgIpc) is 2.62. The molecule has 1 aromatic heterocycles. The van der Waals surface area contributed by atoms with Crippen LogP contribution < -0.4 is 5.32 Å². The van der Waals surface area contributed by atoms with Crippen LogP contribution in [-0.2, 0) is 0 Å². The van der Waals surface area contributed by atoms with E-state index in [9.17, 15) is 4.79 Å². The maximum Gasteiger partial charge on any atom is 0.257 e. The summed E-state index contributed by atoms with van der Waals surface area (Å²) in [7, 11) is 0. The van der Waals surface area contributed by atoms with E-state index in [1.807, 2.05) is 68.4 Å². The van der Waals surface area contributed by atoms with Gasteiger partial charge in [0.2, 0.25) is 0 Å². The molecule has 4 aromatic rings. The Morgan fingerprint density at radius 2 is 1.36 bits per heavy atom. The molecule has 0 saturated heterocycles. The van der Waals surface area contributed by atoms with Crippen LogP contribution in [0.3, 0.4) is 0 Å². The van der Waals surface area contributed by atoms with E-state index in [1.54, 1.807) is 6.07 Å². The van der Waals surface area contributed by atoms with E-state index in [1.165, 1.54) is 0 Å². The van der Waals surface area contributed by atoms with Crippen LogP contribution in [0.1, 0.15) is 21.5 Å². The van der Waals surface area contributed by atoms with Crippen molar-refractivity contribution in [3.8, 4) is 0 Å². The lowest BCUT2D eigenvalue weighted by molar-refractivity contribution is 0.102. The number of nitrogens with zero attached hydrogens (tertiary/aromatic N) is 2. The Balaban J connectivity index is 1.83. The lowest BCUT2D eigenvalue weighted by atomic mass is 10.1. The first-order valence-corrected chi connectivity index (χ1v) is 8.16. The van der Waals surface area contributed by atoms with Gasteiger partial charge in [0.1, 0.15) is 5.52 Å². The van der Waals surface area contributed by atoms with Crippen LogP contribution in [0.25, 0.3) is 22.1 Å². The van der Waals surface area contributed by atoms with Gasteiger partial charge in [-0.25, -0.2) is 9.97 Å². The molecule has 0 unspecified atom stereocenters. The molecule has 4 nitrogen and oxygen atoms in total. The zero-order chi connectivity index (χ0) is 17.4. The Labute approximate surface area is 145 Å². The van der Waals surface area contributed by atoms with Gasteiger partial charge in [-0.05, 0) is 49.2 Å². The Kier molecular flexibility index (Phi) is 3.65. The first-order chi connectivity index (χ1) is 12.1. The Morgan fingerprint density at radius 3 is 2.08 bits per heavy atom. The molecule has 3 aromatic carbocycles. The molecule has 1 heterocycles. The summed E-state index contributed by atoms with van der Waals surface area (Å²) in [6.45, 7) is 3.97. The Hall–Kier alpha value is -3.27. The minimum Gasteiger partial charge on any atom is -0.321 e. The summed E-state index contributed by atoms with van der Waals surface area (Å²) in [6.07, 6.45) is 0. The zero-order valence-electron chi connectivity index (χ0n) is 14.1. The zero-order valence-corrected chi connectivity index (χ0v) is 14.1. The van der Waals surface area contributed by atoms with Crippen LogP contribution in [0.5, 0.6) is 0 Å². The summed E-state index contributed by atoms with van der Waals surface area (Å²) in [5.74, 6) is -0.174. The smallest absolute Gasteiger partial charge is 0.257 e. The van der Waals surface area contributed by atoms with Gasteiger partial charge in [-0.15, -0.1) is 0 Å². The average molecular weight is 327 g/mol. The highest BCUT2D eigenvalue weighted by atomic mass is 16.1. The van der Waals surface area contributed by atoms with E-state index in [0.29, 0.717) is 16.6 Å². The highest BCUT2D eigenvalue weighted by Crippen LogP contribution is 2.23. The van der Waals surface area contributed by atoms with Crippen LogP contribution >= 0.6 is 0 Å². The molecular formula is C21H17N3O. The fourth-order valence-electron chi connectivity index (χ4n) is 3.02. The highest BCUT2D eigenvalue weighted by Gasteiger charge is 2.14. The van der Waals surface area contributed by atoms with Gasteiger partial charge in [0.25, 0.3) is 5.91 Å². The van der Waals surface area contributed by atoms with Gasteiger partial charge in [-0.3, -0.25) is 4.79 Å². The van der Waals surface area contributed by atoms with Crippen LogP contribution in [0, 0.1) is 13.8 Å². The summed E-state index contributed by atoms with van der Waals surface area (Å²) in [5, 5.41) is 3.03. The maximum absolute atomic E-state index is 12.9. The van der Waals surface area contributed by atoms with Crippen molar-refractivity contribution in [2.75, 3.05) is 5.32 Å². The molecular weight excluding hydrogens is 310 g/mol. The van der Waals surface area contributed by atoms with Crippen LogP contribution in [-0.4, -0.2) is 15.9 Å². The van der Waals surface area contributed by atoms with Gasteiger partial charge in [-0.1, -0.05) is 36.4 Å². The monoisotopic (exact) mass is 327 g/mol. The van der Waals surface area contributed by atoms with E-state index in [0.717, 1.165) is 27.8 Å². The van der Waals surface area contributed by atoms with Gasteiger partial charge in [0.15, 0.2) is 0 Å². The third kappa shape index (κ3) is 2.72. The van der Waals surface area contributed by atoms with E-state index in [-0.39, 0.29) is 5.91 Å². The van der Waals surface area contributed by atoms with E-state index in [4.69, 9.17) is 0 Å². The first-order valence-electron chi connectivity index (χ1n) is 8.16. The maximum atomic E-state index is 12.9. The standard InChI is InChI=1S/C21H17N3O/c1-13-7-5-8-14(2)19(13)24-21(25)15-9-6-12-18-20(15)23-17-11-4-3-10-16(17)22-18/h3-12H,1-2H3,(H,24,25). The fraction of sp³-hybridized carbons (Fsp3) is 0.0952. The number of fused-ring (bicyclic) bond motifs is 2. The van der Waals surface area contributed by atoms with Gasteiger partial charge in [0.05, 0.1) is 22.1 Å². The van der Waals surface area contributed by atoms with Gasteiger partial charge >= 0.3 is 0 Å². The van der Waals surface area contributed by atoms with Crippen molar-refractivity contribution in [3.05, 3.63) is 77.4 Å². The number of nitrogens with one attached hydrogen (secondary N) is 1. The molecule has 0 spiro atoms. The molecule has 25 heavy (non-hydrogen) atoms. The fourth-order valence-corrected chi connectivity index (χ4v) is 3.02. The van der Waals surface area contributed by atoms with E-state index < -0.39 is 0 Å². The summed E-state index contributed by atoms with van der Waals surface area (Å²) in [5.41, 5.74) is 6.37. The predicted molar refractivity (Wildman–Crippen MR) is 101 cm³/mol. The predicted octanol–water partition coefficient (Wildman–Crippen LogP) is 4.65. The number of amides is 1. The molecule has 0 aliphatic rings. The minimum atomic E-state index is -0.174. The number of para-hydroxylation sites is 4. The lowest BCUT2D eigenvalue weighted by Gasteiger charge is -2.12. The largest absolute Gasteiger partial charge is 0.321 e. The van der Waals surface area contributed by atoms with Crippen molar-refractivity contribution < 1.29 is 4.79 Å². The van der Waals surface area contributed by atoms with E-state index in [2.05, 4.69) is 15.3 Å². The summed E-state index contributed by atoms with van der Waals surface area (Å²) in [6, 6.07) is 19.1. The number of hydrogen-bond donors (Lipinski definition) is 1. The second-order valence-electron chi connectivity index (χ2n) is 6.11. The second kappa shape index (κ2) is 5.98. The molecule has 4 rings (SSSR count). The number of aromatic nitrogens is 2. The Morgan fingerprint density at radius 1 is 0.760 bits per heavy atom. The Bertz CT molecular complexity index is 1100. The molecule has 0 saturated carbocycles. The molecule has 0 bridgehead atoms. The van der Waals surface area contributed by atoms with Crippen LogP contribution in [0.2, 0.25) is 0 Å². The van der Waals surface area contributed by atoms with Crippen LogP contribution in [0.4, 0.5) is 5.69 Å². The molecule has 1 amide bonds. The van der Waals surface area contributed by atoms with Crippen molar-refractivity contribution in [3.63, 3.8) is 0 Å². The van der Waals surface area contributed by atoms with Crippen molar-refractivity contribution in [1.82, 2.24) is 9.97 Å². The number of aryl methyl sites for hydroxylation is 2. The molecule has 0 fully saturated rings. The number of carbonyl (C=O) groups excluding carboxylic acids is 1. The second-order valence-corrected chi connectivity index (χ2v) is 6.11. The number of hydrogen-bond acceptors (Lipinski definition) is 3. The summed E-state index contributed by atoms with van der Waals surface area (Å²) < 4.78 is 0. The molecule has 1 N–H and O–H groups in total. The van der Waals surface area contributed by atoms with Crippen molar-refractivity contribution >= 4 is 33.7 Å². The minimum absolute atomic E-state index is 0.174. The third-order valence-electron chi connectivity index (χ3n) is 4.33. The number of benzene rings is 3. The lowest BCUT2D eigenvalue weighted by Crippen LogP contribution is -2.14. The number of anilines is 1. The molecule has 4 heteroatoms. The number of carbonyl (C=O) groups is 1. The molecule has 0 radical (unpaired) electrons. The first kappa shape index (κ1) is 15.3. The van der Waals surface area contributed by atoms with Crippen molar-refractivity contribution in [2.45, 2.75) is 13.8 Å². The van der Waals surface area contributed by atoms with Crippen molar-refractivity contribution in [2.24, 2.45) is 0 Å². The van der Waals surface area contributed by atoms with E-state index >= 15 is 0 Å². The summed E-state index contributed by atoms with van der Waals surface area (Å²) >= 11 is 0. The molecule has 122 valence electrons. The number of rotatable bonds is 2. The normalized spacial score (nSPS) is 11.0. The quantitative estimate of drug-likeness (QED) is 0.545. The van der Waals surface area contributed by atoms with Gasteiger partial charge in [0, 0.05) is 5.69 Å². The summed E-state index contributed by atoms with van der Waals surface area (Å²) in [4.78, 5) is 22.2. The van der Waals surface area contributed by atoms with Crippen molar-refractivity contribution in [1.29, 1.82) is 0 Å². The van der Waals surface area contributed by atoms with Gasteiger partial charge in [-0.2, -0.15) is 0 Å². The van der Waals surface area contributed by atoms with Crippen LogP contribution in [0.15, 0.2) is 60.7 Å². The van der Waals surface area contributed by atoms with Gasteiger partial charge < -0.3 is 5.32 Å². The highest BCUT2D eigenvalue weighted by molar-refractivity contribution is 6.12. The topological polar surface area (TPSA) is 54.9 Å². The molecule has 0 aliphatic carbocycles. The molecule has 0 aliphatic heterocycles.